The maximum absolute atomic E-state index is 12.4. The van der Waals surface area contributed by atoms with Crippen LogP contribution < -0.4 is 10.2 Å². The molecular formula is C21H34IN5O2. The number of hydrogen-bond acceptors (Lipinski definition) is 3. The number of anilines is 1. The second kappa shape index (κ2) is 12.7. The quantitative estimate of drug-likeness (QED) is 0.329. The van der Waals surface area contributed by atoms with Gasteiger partial charge in [-0.15, -0.1) is 24.0 Å². The summed E-state index contributed by atoms with van der Waals surface area (Å²) in [6, 6.07) is 7.98. The monoisotopic (exact) mass is 515 g/mol. The molecule has 2 amide bonds. The zero-order valence-electron chi connectivity index (χ0n) is 18.0. The number of hydrogen-bond donors (Lipinski definition) is 1. The molecule has 0 unspecified atom stereocenters. The summed E-state index contributed by atoms with van der Waals surface area (Å²) in [5, 5.41) is 3.25. The Morgan fingerprint density at radius 2 is 1.83 bits per heavy atom. The molecule has 8 heteroatoms. The van der Waals surface area contributed by atoms with E-state index in [1.165, 1.54) is 0 Å². The van der Waals surface area contributed by atoms with E-state index in [-0.39, 0.29) is 35.8 Å². The third-order valence-electron chi connectivity index (χ3n) is 4.92. The average molecular weight is 515 g/mol. The van der Waals surface area contributed by atoms with Crippen LogP contribution in [0.2, 0.25) is 0 Å². The number of halogens is 1. The van der Waals surface area contributed by atoms with E-state index < -0.39 is 0 Å². The molecular weight excluding hydrogens is 481 g/mol. The lowest BCUT2D eigenvalue weighted by Gasteiger charge is -2.25. The Bertz CT molecular complexity index is 689. The first-order valence-corrected chi connectivity index (χ1v) is 10.2. The molecule has 0 atom stereocenters. The second-order valence-corrected chi connectivity index (χ2v) is 6.91. The Kier molecular flexibility index (Phi) is 11.0. The van der Waals surface area contributed by atoms with E-state index in [2.05, 4.69) is 10.3 Å². The van der Waals surface area contributed by atoms with Crippen LogP contribution in [0.1, 0.15) is 39.2 Å². The number of rotatable bonds is 8. The van der Waals surface area contributed by atoms with E-state index in [0.29, 0.717) is 38.6 Å². The fourth-order valence-corrected chi connectivity index (χ4v) is 3.29. The Morgan fingerprint density at radius 1 is 1.17 bits per heavy atom. The molecule has 162 valence electrons. The van der Waals surface area contributed by atoms with Gasteiger partial charge in [-0.25, -0.2) is 4.99 Å². The zero-order chi connectivity index (χ0) is 20.5. The van der Waals surface area contributed by atoms with E-state index in [1.54, 1.807) is 0 Å². The van der Waals surface area contributed by atoms with Crippen LogP contribution >= 0.6 is 24.0 Å². The van der Waals surface area contributed by atoms with Crippen LogP contribution in [0.25, 0.3) is 0 Å². The molecule has 0 aromatic heterocycles. The van der Waals surface area contributed by atoms with E-state index >= 15 is 0 Å². The molecule has 1 aromatic carbocycles. The predicted octanol–water partition coefficient (Wildman–Crippen LogP) is 2.70. The maximum atomic E-state index is 12.4. The molecule has 0 aliphatic carbocycles. The lowest BCUT2D eigenvalue weighted by Crippen LogP contribution is -2.45. The van der Waals surface area contributed by atoms with E-state index in [9.17, 15) is 9.59 Å². The van der Waals surface area contributed by atoms with Crippen LogP contribution in [-0.2, 0) is 16.1 Å². The van der Waals surface area contributed by atoms with Gasteiger partial charge in [-0.05, 0) is 44.9 Å². The molecule has 0 bridgehead atoms. The van der Waals surface area contributed by atoms with Crippen molar-refractivity contribution < 1.29 is 9.59 Å². The number of carbonyl (C=O) groups is 2. The second-order valence-electron chi connectivity index (χ2n) is 6.91. The third kappa shape index (κ3) is 7.17. The Balaban J connectivity index is 0.00000420. The summed E-state index contributed by atoms with van der Waals surface area (Å²) in [5.41, 5.74) is 2.01. The Labute approximate surface area is 191 Å². The minimum Gasteiger partial charge on any atom is -0.357 e. The summed E-state index contributed by atoms with van der Waals surface area (Å²) >= 11 is 0. The Hall–Kier alpha value is -1.84. The van der Waals surface area contributed by atoms with Crippen LogP contribution in [0.4, 0.5) is 5.69 Å². The first-order valence-electron chi connectivity index (χ1n) is 10.2. The van der Waals surface area contributed by atoms with E-state index in [0.717, 1.165) is 30.8 Å². The topological polar surface area (TPSA) is 68.2 Å². The van der Waals surface area contributed by atoms with Crippen LogP contribution in [0.15, 0.2) is 29.3 Å². The fraction of sp³-hybridized carbons (Fsp3) is 0.571. The molecule has 1 aromatic rings. The van der Waals surface area contributed by atoms with Gasteiger partial charge in [0.25, 0.3) is 0 Å². The number of guanidine groups is 1. The molecule has 2 rings (SSSR count). The summed E-state index contributed by atoms with van der Waals surface area (Å²) in [6.07, 6.45) is 1.56. The van der Waals surface area contributed by atoms with Crippen LogP contribution in [0.3, 0.4) is 0 Å². The number of likely N-dealkylation sites (N-methyl/N-ethyl adjacent to an activating group) is 2. The largest absolute Gasteiger partial charge is 0.357 e. The molecule has 7 nitrogen and oxygen atoms in total. The molecule has 29 heavy (non-hydrogen) atoms. The average Bonchev–Trinajstić information content (AvgIpc) is 3.12. The zero-order valence-corrected chi connectivity index (χ0v) is 20.3. The molecule has 0 spiro atoms. The standard InChI is InChI=1S/C21H33N5O2.HI/c1-5-22-21(24(4)16-20(28)25(6-2)7-3)23-15-17-10-12-18(13-11-17)26-14-8-9-19(26)27;/h10-13H,5-9,14-16H2,1-4H3,(H,22,23);1H. The lowest BCUT2D eigenvalue weighted by atomic mass is 10.2. The van der Waals surface area contributed by atoms with Crippen molar-refractivity contribution in [2.75, 3.05) is 44.7 Å². The van der Waals surface area contributed by atoms with Gasteiger partial charge in [0, 0.05) is 45.3 Å². The third-order valence-corrected chi connectivity index (χ3v) is 4.92. The van der Waals surface area contributed by atoms with Crippen molar-refractivity contribution in [3.05, 3.63) is 29.8 Å². The minimum atomic E-state index is 0. The minimum absolute atomic E-state index is 0. The van der Waals surface area contributed by atoms with Crippen molar-refractivity contribution in [3.63, 3.8) is 0 Å². The van der Waals surface area contributed by atoms with E-state index in [1.807, 2.05) is 66.8 Å². The molecule has 1 N–H and O–H groups in total. The van der Waals surface area contributed by atoms with E-state index in [4.69, 9.17) is 0 Å². The normalized spacial score (nSPS) is 13.9. The number of carbonyl (C=O) groups excluding carboxylic acids is 2. The van der Waals surface area contributed by atoms with Crippen LogP contribution in [0, 0.1) is 0 Å². The van der Waals surface area contributed by atoms with Crippen molar-refractivity contribution in [3.8, 4) is 0 Å². The van der Waals surface area contributed by atoms with Crippen LogP contribution in [-0.4, -0.2) is 67.3 Å². The first-order chi connectivity index (χ1) is 13.5. The van der Waals surface area contributed by atoms with Gasteiger partial charge in [0.05, 0.1) is 13.1 Å². The molecule has 1 aliphatic rings. The van der Waals surface area contributed by atoms with Gasteiger partial charge in [0.15, 0.2) is 5.96 Å². The number of nitrogens with zero attached hydrogens (tertiary/aromatic N) is 4. The van der Waals surface area contributed by atoms with Gasteiger partial charge in [-0.3, -0.25) is 9.59 Å². The summed E-state index contributed by atoms with van der Waals surface area (Å²) in [5.74, 6) is 0.999. The molecule has 0 radical (unpaired) electrons. The van der Waals surface area contributed by atoms with Gasteiger partial charge >= 0.3 is 0 Å². The SMILES string of the molecule is CCNC(=NCc1ccc(N2CCCC2=O)cc1)N(C)CC(=O)N(CC)CC.I. The fourth-order valence-electron chi connectivity index (χ4n) is 3.29. The summed E-state index contributed by atoms with van der Waals surface area (Å²) in [6.45, 7) is 9.75. The maximum Gasteiger partial charge on any atom is 0.242 e. The molecule has 0 saturated carbocycles. The summed E-state index contributed by atoms with van der Waals surface area (Å²) < 4.78 is 0. The van der Waals surface area contributed by atoms with Crippen molar-refractivity contribution in [2.24, 2.45) is 4.99 Å². The summed E-state index contributed by atoms with van der Waals surface area (Å²) in [4.78, 5) is 34.4. The highest BCUT2D eigenvalue weighted by Gasteiger charge is 2.21. The summed E-state index contributed by atoms with van der Waals surface area (Å²) in [7, 11) is 1.88. The predicted molar refractivity (Wildman–Crippen MR) is 129 cm³/mol. The number of amides is 2. The van der Waals surface area contributed by atoms with Gasteiger partial charge < -0.3 is 20.0 Å². The first kappa shape index (κ1) is 25.2. The van der Waals surface area contributed by atoms with Crippen molar-refractivity contribution in [1.82, 2.24) is 15.1 Å². The number of benzene rings is 1. The Morgan fingerprint density at radius 3 is 2.34 bits per heavy atom. The lowest BCUT2D eigenvalue weighted by molar-refractivity contribution is -0.131. The number of aliphatic imine (C=N–C) groups is 1. The highest BCUT2D eigenvalue weighted by atomic mass is 127. The molecule has 1 saturated heterocycles. The van der Waals surface area contributed by atoms with Gasteiger partial charge in [-0.1, -0.05) is 12.1 Å². The van der Waals surface area contributed by atoms with Crippen LogP contribution in [0.5, 0.6) is 0 Å². The number of nitrogens with one attached hydrogen (secondary N) is 1. The molecule has 1 aliphatic heterocycles. The van der Waals surface area contributed by atoms with Crippen molar-refractivity contribution in [2.45, 2.75) is 40.2 Å². The van der Waals surface area contributed by atoms with Gasteiger partial charge in [0.1, 0.15) is 0 Å². The van der Waals surface area contributed by atoms with Crippen molar-refractivity contribution in [1.29, 1.82) is 0 Å². The molecule has 1 fully saturated rings. The highest BCUT2D eigenvalue weighted by Crippen LogP contribution is 2.21. The van der Waals surface area contributed by atoms with Gasteiger partial charge in [-0.2, -0.15) is 0 Å². The smallest absolute Gasteiger partial charge is 0.242 e. The molecule has 1 heterocycles. The highest BCUT2D eigenvalue weighted by molar-refractivity contribution is 14.0. The van der Waals surface area contributed by atoms with Gasteiger partial charge in [0.2, 0.25) is 11.8 Å². The van der Waals surface area contributed by atoms with Crippen molar-refractivity contribution >= 4 is 47.4 Å².